The van der Waals surface area contributed by atoms with Crippen LogP contribution in [0, 0.1) is 0 Å². The summed E-state index contributed by atoms with van der Waals surface area (Å²) in [6.07, 6.45) is 5.42. The molecule has 0 saturated carbocycles. The van der Waals surface area contributed by atoms with Gasteiger partial charge in [-0.3, -0.25) is 9.13 Å². The van der Waals surface area contributed by atoms with Crippen molar-refractivity contribution >= 4 is 5.82 Å². The Morgan fingerprint density at radius 2 is 2.00 bits per heavy atom. The van der Waals surface area contributed by atoms with Gasteiger partial charge in [-0.25, -0.2) is 9.78 Å². The van der Waals surface area contributed by atoms with Gasteiger partial charge in [0.15, 0.2) is 0 Å². The zero-order valence-electron chi connectivity index (χ0n) is 10.8. The number of hydrogen-bond donors (Lipinski definition) is 1. The molecule has 2 heterocycles. The van der Waals surface area contributed by atoms with Crippen LogP contribution in [0.4, 0.5) is 5.82 Å². The van der Waals surface area contributed by atoms with E-state index in [-0.39, 0.29) is 5.69 Å². The molecule has 2 rings (SSSR count). The van der Waals surface area contributed by atoms with Crippen LogP contribution in [-0.4, -0.2) is 20.7 Å². The van der Waals surface area contributed by atoms with Crippen LogP contribution >= 0.6 is 0 Å². The van der Waals surface area contributed by atoms with E-state index in [9.17, 15) is 4.79 Å². The molecule has 0 aromatic carbocycles. The van der Waals surface area contributed by atoms with Gasteiger partial charge in [0.1, 0.15) is 5.82 Å². The summed E-state index contributed by atoms with van der Waals surface area (Å²) in [4.78, 5) is 16.2. The lowest BCUT2D eigenvalue weighted by Gasteiger charge is -2.04. The average molecular weight is 246 g/mol. The van der Waals surface area contributed by atoms with E-state index in [1.54, 1.807) is 15.3 Å². The van der Waals surface area contributed by atoms with Gasteiger partial charge in [-0.1, -0.05) is 6.07 Å². The minimum Gasteiger partial charge on any atom is -0.370 e. The van der Waals surface area contributed by atoms with Crippen molar-refractivity contribution < 1.29 is 0 Å². The lowest BCUT2D eigenvalue weighted by atomic mass is 10.3. The maximum atomic E-state index is 11.9. The van der Waals surface area contributed by atoms with Crippen LogP contribution in [0.2, 0.25) is 0 Å². The summed E-state index contributed by atoms with van der Waals surface area (Å²) in [6.45, 7) is 6.10. The smallest absolute Gasteiger partial charge is 0.328 e. The number of nitrogens with one attached hydrogen (secondary N) is 1. The molecule has 0 fully saturated rings. The first-order chi connectivity index (χ1) is 8.74. The fraction of sp³-hybridized carbons (Fsp3) is 0.385. The number of aromatic nitrogens is 3. The van der Waals surface area contributed by atoms with Gasteiger partial charge in [0, 0.05) is 31.7 Å². The average Bonchev–Trinajstić information content (AvgIpc) is 2.73. The van der Waals surface area contributed by atoms with Crippen LogP contribution in [0.25, 0.3) is 0 Å². The number of nitrogens with zero attached hydrogens (tertiary/aromatic N) is 3. The number of imidazole rings is 1. The minimum atomic E-state index is 0.0215. The molecule has 0 spiro atoms. The minimum absolute atomic E-state index is 0.0215. The van der Waals surface area contributed by atoms with Crippen molar-refractivity contribution in [1.82, 2.24) is 14.1 Å². The van der Waals surface area contributed by atoms with Gasteiger partial charge < -0.3 is 5.32 Å². The van der Waals surface area contributed by atoms with E-state index < -0.39 is 0 Å². The predicted octanol–water partition coefficient (Wildman–Crippen LogP) is 1.54. The highest BCUT2D eigenvalue weighted by atomic mass is 16.1. The summed E-state index contributed by atoms with van der Waals surface area (Å²) < 4.78 is 3.37. The zero-order chi connectivity index (χ0) is 13.0. The molecule has 2 aromatic rings. The van der Waals surface area contributed by atoms with Gasteiger partial charge in [0.25, 0.3) is 0 Å². The molecule has 0 bridgehead atoms. The number of aryl methyl sites for hydroxylation is 1. The van der Waals surface area contributed by atoms with Gasteiger partial charge in [0.2, 0.25) is 0 Å². The summed E-state index contributed by atoms with van der Waals surface area (Å²) in [7, 11) is 0. The Morgan fingerprint density at radius 3 is 2.56 bits per heavy atom. The van der Waals surface area contributed by atoms with Crippen LogP contribution in [0.3, 0.4) is 0 Å². The molecule has 0 aliphatic rings. The molecule has 0 radical (unpaired) electrons. The fourth-order valence-electron chi connectivity index (χ4n) is 1.81. The lowest BCUT2D eigenvalue weighted by molar-refractivity contribution is 0.667. The zero-order valence-corrected chi connectivity index (χ0v) is 10.8. The lowest BCUT2D eigenvalue weighted by Crippen LogP contribution is -2.23. The van der Waals surface area contributed by atoms with Gasteiger partial charge in [-0.2, -0.15) is 0 Å². The maximum Gasteiger partial charge on any atom is 0.328 e. The summed E-state index contributed by atoms with van der Waals surface area (Å²) >= 11 is 0. The second-order valence-corrected chi connectivity index (χ2v) is 4.08. The van der Waals surface area contributed by atoms with Crippen LogP contribution in [-0.2, 0) is 13.1 Å². The first-order valence-corrected chi connectivity index (χ1v) is 6.19. The van der Waals surface area contributed by atoms with Crippen molar-refractivity contribution in [2.75, 3.05) is 11.9 Å². The van der Waals surface area contributed by atoms with Crippen molar-refractivity contribution in [3.63, 3.8) is 0 Å². The molecule has 5 heteroatoms. The van der Waals surface area contributed by atoms with Crippen molar-refractivity contribution in [3.05, 3.63) is 46.8 Å². The number of pyridine rings is 1. The van der Waals surface area contributed by atoms with E-state index in [0.29, 0.717) is 13.1 Å². The second-order valence-electron chi connectivity index (χ2n) is 4.08. The molecular formula is C13H18N4O. The van der Waals surface area contributed by atoms with E-state index in [1.165, 1.54) is 0 Å². The van der Waals surface area contributed by atoms with Gasteiger partial charge in [0.05, 0.1) is 6.54 Å². The molecule has 0 aliphatic carbocycles. The SMILES string of the molecule is CCNc1ccc(Cn2ccn(CC)c2=O)cn1. The molecular weight excluding hydrogens is 228 g/mol. The fourth-order valence-corrected chi connectivity index (χ4v) is 1.81. The third kappa shape index (κ3) is 2.61. The molecule has 0 unspecified atom stereocenters. The van der Waals surface area contributed by atoms with E-state index in [4.69, 9.17) is 0 Å². The second kappa shape index (κ2) is 5.53. The quantitative estimate of drug-likeness (QED) is 0.870. The first kappa shape index (κ1) is 12.4. The Kier molecular flexibility index (Phi) is 3.82. The van der Waals surface area contributed by atoms with Gasteiger partial charge >= 0.3 is 5.69 Å². The largest absolute Gasteiger partial charge is 0.370 e. The van der Waals surface area contributed by atoms with E-state index in [2.05, 4.69) is 10.3 Å². The number of hydrogen-bond acceptors (Lipinski definition) is 3. The van der Waals surface area contributed by atoms with Crippen LogP contribution in [0.1, 0.15) is 19.4 Å². The van der Waals surface area contributed by atoms with Crippen LogP contribution in [0.15, 0.2) is 35.5 Å². The van der Waals surface area contributed by atoms with E-state index in [1.807, 2.05) is 38.4 Å². The Labute approximate surface area is 106 Å². The molecule has 1 N–H and O–H groups in total. The summed E-state index contributed by atoms with van der Waals surface area (Å²) in [6, 6.07) is 3.92. The van der Waals surface area contributed by atoms with Crippen molar-refractivity contribution in [1.29, 1.82) is 0 Å². The van der Waals surface area contributed by atoms with Gasteiger partial charge in [-0.05, 0) is 25.5 Å². The van der Waals surface area contributed by atoms with Gasteiger partial charge in [-0.15, -0.1) is 0 Å². The molecule has 0 atom stereocenters. The number of rotatable bonds is 5. The summed E-state index contributed by atoms with van der Waals surface area (Å²) in [5.41, 5.74) is 1.04. The molecule has 5 nitrogen and oxygen atoms in total. The highest BCUT2D eigenvalue weighted by Crippen LogP contribution is 2.05. The molecule has 18 heavy (non-hydrogen) atoms. The Hall–Kier alpha value is -2.04. The van der Waals surface area contributed by atoms with Crippen LogP contribution < -0.4 is 11.0 Å². The predicted molar refractivity (Wildman–Crippen MR) is 71.9 cm³/mol. The first-order valence-electron chi connectivity index (χ1n) is 6.19. The summed E-state index contributed by atoms with van der Waals surface area (Å²) in [5, 5.41) is 3.14. The molecule has 0 saturated heterocycles. The highest BCUT2D eigenvalue weighted by Gasteiger charge is 2.02. The maximum absolute atomic E-state index is 11.9. The Morgan fingerprint density at radius 1 is 1.22 bits per heavy atom. The molecule has 96 valence electrons. The van der Waals surface area contributed by atoms with E-state index >= 15 is 0 Å². The monoisotopic (exact) mass is 246 g/mol. The topological polar surface area (TPSA) is 51.9 Å². The van der Waals surface area contributed by atoms with E-state index in [0.717, 1.165) is 17.9 Å². The Bertz CT molecular complexity index is 553. The standard InChI is InChI=1S/C13H18N4O/c1-3-14-12-6-5-11(9-15-12)10-17-8-7-16(4-2)13(17)18/h5-9H,3-4,10H2,1-2H3,(H,14,15). The molecule has 0 amide bonds. The highest BCUT2D eigenvalue weighted by molar-refractivity contribution is 5.35. The number of anilines is 1. The third-order valence-corrected chi connectivity index (χ3v) is 2.79. The van der Waals surface area contributed by atoms with Crippen molar-refractivity contribution in [2.24, 2.45) is 0 Å². The van der Waals surface area contributed by atoms with Crippen molar-refractivity contribution in [2.45, 2.75) is 26.9 Å². The molecule has 0 aliphatic heterocycles. The normalized spacial score (nSPS) is 10.6. The Balaban J connectivity index is 2.13. The third-order valence-electron chi connectivity index (χ3n) is 2.79. The molecule has 2 aromatic heterocycles. The van der Waals surface area contributed by atoms with Crippen LogP contribution in [0.5, 0.6) is 0 Å². The van der Waals surface area contributed by atoms with Crippen molar-refractivity contribution in [3.8, 4) is 0 Å². The summed E-state index contributed by atoms with van der Waals surface area (Å²) in [5.74, 6) is 0.861.